The number of nitrogens with one attached hydrogen (secondary N) is 1. The van der Waals surface area contributed by atoms with Crippen LogP contribution in [0.25, 0.3) is 22.3 Å². The van der Waals surface area contributed by atoms with Crippen molar-refractivity contribution in [2.75, 3.05) is 12.3 Å². The van der Waals surface area contributed by atoms with Crippen molar-refractivity contribution in [3.63, 3.8) is 0 Å². The fraction of sp³-hybridized carbons (Fsp3) is 0.316. The summed E-state index contributed by atoms with van der Waals surface area (Å²) in [7, 11) is 0. The van der Waals surface area contributed by atoms with Crippen LogP contribution in [0.3, 0.4) is 0 Å². The average Bonchev–Trinajstić information content (AvgIpc) is 2.94. The number of hydrogen-bond donors (Lipinski definition) is 2. The first kappa shape index (κ1) is 20.9. The zero-order valence-electron chi connectivity index (χ0n) is 15.2. The lowest BCUT2D eigenvalue weighted by Gasteiger charge is -2.12. The second kappa shape index (κ2) is 9.00. The Morgan fingerprint density at radius 1 is 1.33 bits per heavy atom. The number of aromatic nitrogens is 3. The van der Waals surface area contributed by atoms with E-state index in [1.165, 1.54) is 6.33 Å². The number of H-pyrrole nitrogens is 1. The van der Waals surface area contributed by atoms with Gasteiger partial charge in [-0.15, -0.1) is 12.4 Å². The lowest BCUT2D eigenvalue weighted by molar-refractivity contribution is 0.0751. The number of nitrogen functional groups attached to an aromatic ring is 1. The van der Waals surface area contributed by atoms with Crippen LogP contribution in [0.15, 0.2) is 30.6 Å². The molecule has 0 atom stereocenters. The van der Waals surface area contributed by atoms with Crippen LogP contribution < -0.4 is 5.73 Å². The zero-order valence-corrected chi connectivity index (χ0v) is 16.9. The number of fused-ring (bicyclic) bond motifs is 1. The average molecular weight is 404 g/mol. The van der Waals surface area contributed by atoms with Gasteiger partial charge < -0.3 is 20.0 Å². The number of anilines is 1. The first-order valence-corrected chi connectivity index (χ1v) is 8.91. The second-order valence-corrected chi connectivity index (χ2v) is 6.72. The summed E-state index contributed by atoms with van der Waals surface area (Å²) >= 11 is 5.48. The Labute approximate surface area is 169 Å². The van der Waals surface area contributed by atoms with Gasteiger partial charge in [0.15, 0.2) is 0 Å². The molecule has 0 unspecified atom stereocenters. The molecule has 0 bridgehead atoms. The number of ether oxygens (including phenoxy) is 1. The molecule has 0 aliphatic carbocycles. The van der Waals surface area contributed by atoms with Gasteiger partial charge in [-0.3, -0.25) is 0 Å². The van der Waals surface area contributed by atoms with E-state index in [9.17, 15) is 5.26 Å². The van der Waals surface area contributed by atoms with Gasteiger partial charge in [-0.2, -0.15) is 5.26 Å². The quantitative estimate of drug-likeness (QED) is 0.360. The summed E-state index contributed by atoms with van der Waals surface area (Å²) in [5.41, 5.74) is 10.1. The number of nitrogens with two attached hydrogens (primary N) is 1. The highest BCUT2D eigenvalue weighted by Crippen LogP contribution is 2.33. The lowest BCUT2D eigenvalue weighted by atomic mass is 10.1. The van der Waals surface area contributed by atoms with E-state index in [4.69, 9.17) is 22.7 Å². The molecule has 27 heavy (non-hydrogen) atoms. The van der Waals surface area contributed by atoms with E-state index in [0.717, 1.165) is 23.2 Å². The van der Waals surface area contributed by atoms with E-state index >= 15 is 0 Å². The lowest BCUT2D eigenvalue weighted by Crippen LogP contribution is -2.08. The van der Waals surface area contributed by atoms with Gasteiger partial charge in [-0.25, -0.2) is 4.98 Å². The summed E-state index contributed by atoms with van der Waals surface area (Å²) in [6, 6.07) is 9.79. The van der Waals surface area contributed by atoms with E-state index in [-0.39, 0.29) is 18.5 Å². The molecule has 142 valence electrons. The van der Waals surface area contributed by atoms with E-state index in [0.29, 0.717) is 34.6 Å². The maximum absolute atomic E-state index is 9.78. The van der Waals surface area contributed by atoms with Crippen LogP contribution in [-0.2, 0) is 11.3 Å². The van der Waals surface area contributed by atoms with Crippen molar-refractivity contribution < 1.29 is 4.74 Å². The van der Waals surface area contributed by atoms with E-state index < -0.39 is 0 Å². The molecular weight excluding hydrogens is 382 g/mol. The predicted molar refractivity (Wildman–Crippen MR) is 112 cm³/mol. The Hall–Kier alpha value is -2.40. The van der Waals surface area contributed by atoms with Crippen LogP contribution >= 0.6 is 24.6 Å². The monoisotopic (exact) mass is 403 g/mol. The maximum Gasteiger partial charge on any atom is 0.130 e. The Morgan fingerprint density at radius 2 is 2.04 bits per heavy atom. The Kier molecular flexibility index (Phi) is 6.97. The number of nitriles is 1. The van der Waals surface area contributed by atoms with E-state index in [2.05, 4.69) is 20.6 Å². The number of nitrogens with zero attached hydrogens (tertiary/aromatic N) is 3. The van der Waals surface area contributed by atoms with Gasteiger partial charge in [0.05, 0.1) is 18.1 Å². The fourth-order valence-electron chi connectivity index (χ4n) is 3.00. The van der Waals surface area contributed by atoms with Gasteiger partial charge in [0.2, 0.25) is 0 Å². The van der Waals surface area contributed by atoms with Gasteiger partial charge in [0, 0.05) is 18.8 Å². The zero-order chi connectivity index (χ0) is 18.7. The minimum Gasteiger partial charge on any atom is -0.399 e. The molecule has 0 spiro atoms. The highest BCUT2D eigenvalue weighted by molar-refractivity contribution is 7.71. The van der Waals surface area contributed by atoms with Crippen LogP contribution in [0, 0.1) is 16.0 Å². The summed E-state index contributed by atoms with van der Waals surface area (Å²) < 4.78 is 8.29. The standard InChI is InChI=1S/C19H21N5OS.ClH/c1-12(2)25-9-3-8-24-17(13-4-6-14(21)7-5-13)15(10-20)16-18(24)19(26)23-11-22-16;/h4-7,11-12H,3,8-9,21H2,1-2H3,(H,22,23,26);1H. The number of aromatic amines is 1. The first-order chi connectivity index (χ1) is 12.5. The van der Waals surface area contributed by atoms with Crippen LogP contribution in [0.4, 0.5) is 5.69 Å². The van der Waals surface area contributed by atoms with E-state index in [1.54, 1.807) is 0 Å². The van der Waals surface area contributed by atoms with Crippen molar-refractivity contribution in [2.45, 2.75) is 32.9 Å². The molecule has 0 aliphatic heterocycles. The highest BCUT2D eigenvalue weighted by Gasteiger charge is 2.20. The molecule has 8 heteroatoms. The van der Waals surface area contributed by atoms with Crippen molar-refractivity contribution in [3.05, 3.63) is 40.8 Å². The first-order valence-electron chi connectivity index (χ1n) is 8.50. The summed E-state index contributed by atoms with van der Waals surface area (Å²) in [5.74, 6) is 0. The smallest absolute Gasteiger partial charge is 0.130 e. The van der Waals surface area contributed by atoms with Crippen molar-refractivity contribution in [2.24, 2.45) is 0 Å². The summed E-state index contributed by atoms with van der Waals surface area (Å²) in [5, 5.41) is 9.78. The van der Waals surface area contributed by atoms with Gasteiger partial charge in [-0.1, -0.05) is 24.4 Å². The Balaban J connectivity index is 0.00000261. The van der Waals surface area contributed by atoms with Crippen LogP contribution in [0.1, 0.15) is 25.8 Å². The molecule has 0 saturated heterocycles. The minimum absolute atomic E-state index is 0. The fourth-order valence-corrected chi connectivity index (χ4v) is 3.26. The molecule has 0 aliphatic rings. The summed E-state index contributed by atoms with van der Waals surface area (Å²) in [6.07, 6.45) is 2.52. The topological polar surface area (TPSA) is 92.7 Å². The third-order valence-corrected chi connectivity index (χ3v) is 4.43. The molecular formula is C19H22ClN5OS. The number of halogens is 1. The van der Waals surface area contributed by atoms with Crippen LogP contribution in [0.5, 0.6) is 0 Å². The molecule has 2 aromatic heterocycles. The number of benzene rings is 1. The van der Waals surface area contributed by atoms with Crippen molar-refractivity contribution >= 4 is 41.3 Å². The molecule has 0 radical (unpaired) electrons. The molecule has 2 heterocycles. The third kappa shape index (κ3) is 4.30. The van der Waals surface area contributed by atoms with Crippen molar-refractivity contribution in [3.8, 4) is 17.3 Å². The Morgan fingerprint density at radius 3 is 2.67 bits per heavy atom. The van der Waals surface area contributed by atoms with Gasteiger partial charge >= 0.3 is 0 Å². The number of rotatable bonds is 6. The molecule has 6 nitrogen and oxygen atoms in total. The molecule has 0 fully saturated rings. The maximum atomic E-state index is 9.78. The third-order valence-electron chi connectivity index (χ3n) is 4.12. The molecule has 3 aromatic rings. The predicted octanol–water partition coefficient (Wildman–Crippen LogP) is 4.45. The summed E-state index contributed by atoms with van der Waals surface area (Å²) in [6.45, 7) is 5.34. The number of hydrogen-bond acceptors (Lipinski definition) is 5. The second-order valence-electron chi connectivity index (χ2n) is 6.31. The van der Waals surface area contributed by atoms with Gasteiger partial charge in [-0.05, 0) is 38.0 Å². The molecule has 0 saturated carbocycles. The van der Waals surface area contributed by atoms with E-state index in [1.807, 2.05) is 38.1 Å². The van der Waals surface area contributed by atoms with Gasteiger partial charge in [0.25, 0.3) is 0 Å². The Bertz CT molecular complexity index is 1020. The molecule has 0 amide bonds. The SMILES string of the molecule is CC(C)OCCCn1c(-c2ccc(N)cc2)c(C#N)c2nc[nH]c(=S)c21.Cl. The highest BCUT2D eigenvalue weighted by atomic mass is 35.5. The summed E-state index contributed by atoms with van der Waals surface area (Å²) in [4.78, 5) is 7.34. The van der Waals surface area contributed by atoms with Gasteiger partial charge in [0.1, 0.15) is 27.3 Å². The van der Waals surface area contributed by atoms with Crippen molar-refractivity contribution in [1.29, 1.82) is 5.26 Å². The normalized spacial score (nSPS) is 10.7. The molecule has 3 rings (SSSR count). The molecule has 1 aromatic carbocycles. The molecule has 3 N–H and O–H groups in total. The van der Waals surface area contributed by atoms with Crippen molar-refractivity contribution in [1.82, 2.24) is 14.5 Å². The van der Waals surface area contributed by atoms with Crippen LogP contribution in [-0.4, -0.2) is 27.2 Å². The van der Waals surface area contributed by atoms with Crippen LogP contribution in [0.2, 0.25) is 0 Å². The minimum atomic E-state index is 0. The largest absolute Gasteiger partial charge is 0.399 e. The number of aryl methyl sites for hydroxylation is 1.